The summed E-state index contributed by atoms with van der Waals surface area (Å²) in [4.78, 5) is 14.5. The van der Waals surface area contributed by atoms with Gasteiger partial charge in [0, 0.05) is 6.42 Å². The van der Waals surface area contributed by atoms with Crippen LogP contribution in [0.4, 0.5) is 0 Å². The van der Waals surface area contributed by atoms with Crippen molar-refractivity contribution in [1.29, 1.82) is 0 Å². The number of isocyanates is 1. The van der Waals surface area contributed by atoms with E-state index in [1.54, 1.807) is 6.08 Å². The molecule has 0 spiro atoms. The van der Waals surface area contributed by atoms with E-state index in [4.69, 9.17) is 4.74 Å². The maximum absolute atomic E-state index is 10.5. The molecule has 0 aromatic heterocycles. The van der Waals surface area contributed by atoms with Crippen LogP contribution in [0.3, 0.4) is 0 Å². The van der Waals surface area contributed by atoms with Gasteiger partial charge in [-0.1, -0.05) is 6.07 Å². The highest BCUT2D eigenvalue weighted by Crippen LogP contribution is 2.45. The molecule has 1 saturated carbocycles. The van der Waals surface area contributed by atoms with E-state index < -0.39 is 0 Å². The molecule has 1 aliphatic carbocycles. The number of benzene rings is 1. The summed E-state index contributed by atoms with van der Waals surface area (Å²) in [6, 6.07) is 6.17. The summed E-state index contributed by atoms with van der Waals surface area (Å²) >= 11 is 0. The van der Waals surface area contributed by atoms with Crippen LogP contribution in [0.25, 0.3) is 0 Å². The molecule has 3 heteroatoms. The van der Waals surface area contributed by atoms with Crippen LogP contribution in [-0.2, 0) is 16.8 Å². The SMILES string of the molecule is O=C=NC1(c2ccc3c(c2)CCO3)CCC1. The fourth-order valence-corrected chi connectivity index (χ4v) is 2.54. The Hall–Kier alpha value is -1.60. The molecule has 1 aliphatic heterocycles. The van der Waals surface area contributed by atoms with Crippen molar-refractivity contribution in [2.45, 2.75) is 31.2 Å². The number of carbonyl (C=O) groups excluding carboxylic acids is 1. The maximum Gasteiger partial charge on any atom is 0.235 e. The number of fused-ring (bicyclic) bond motifs is 1. The molecule has 0 bridgehead atoms. The fraction of sp³-hybridized carbons (Fsp3) is 0.462. The summed E-state index contributed by atoms with van der Waals surface area (Å²) in [5.74, 6) is 0.980. The lowest BCUT2D eigenvalue weighted by Crippen LogP contribution is -2.31. The first-order valence-electron chi connectivity index (χ1n) is 5.69. The molecule has 1 heterocycles. The maximum atomic E-state index is 10.5. The smallest absolute Gasteiger partial charge is 0.235 e. The normalized spacial score (nSPS) is 20.2. The Morgan fingerprint density at radius 3 is 2.94 bits per heavy atom. The Morgan fingerprint density at radius 1 is 1.38 bits per heavy atom. The molecular formula is C13H13NO2. The van der Waals surface area contributed by atoms with E-state index in [0.29, 0.717) is 0 Å². The topological polar surface area (TPSA) is 38.7 Å². The van der Waals surface area contributed by atoms with Crippen LogP contribution in [-0.4, -0.2) is 12.7 Å². The molecule has 0 radical (unpaired) electrons. The average molecular weight is 215 g/mol. The van der Waals surface area contributed by atoms with Gasteiger partial charge in [-0.25, -0.2) is 4.79 Å². The van der Waals surface area contributed by atoms with Crippen LogP contribution >= 0.6 is 0 Å². The molecule has 0 amide bonds. The van der Waals surface area contributed by atoms with Crippen LogP contribution in [0.2, 0.25) is 0 Å². The first kappa shape index (κ1) is 9.61. The van der Waals surface area contributed by atoms with Crippen LogP contribution in [0, 0.1) is 0 Å². The number of aliphatic imine (C=N–C) groups is 1. The lowest BCUT2D eigenvalue weighted by molar-refractivity contribution is 0.255. The van der Waals surface area contributed by atoms with Gasteiger partial charge in [-0.2, -0.15) is 4.99 Å². The quantitative estimate of drug-likeness (QED) is 0.561. The second kappa shape index (κ2) is 3.46. The van der Waals surface area contributed by atoms with Crippen LogP contribution < -0.4 is 4.74 Å². The molecule has 2 aliphatic rings. The standard InChI is InChI=1S/C13H13NO2/c15-9-14-13(5-1-6-13)11-2-3-12-10(8-11)4-7-16-12/h2-3,8H,1,4-7H2. The van der Waals surface area contributed by atoms with Gasteiger partial charge >= 0.3 is 0 Å². The molecule has 0 atom stereocenters. The van der Waals surface area contributed by atoms with Gasteiger partial charge in [-0.3, -0.25) is 0 Å². The van der Waals surface area contributed by atoms with Crippen molar-refractivity contribution in [2.75, 3.05) is 6.61 Å². The number of rotatable bonds is 2. The summed E-state index contributed by atoms with van der Waals surface area (Å²) in [5.41, 5.74) is 2.11. The van der Waals surface area contributed by atoms with Gasteiger partial charge in [0.1, 0.15) is 5.75 Å². The molecule has 1 fully saturated rings. The Morgan fingerprint density at radius 2 is 2.25 bits per heavy atom. The van der Waals surface area contributed by atoms with E-state index in [1.165, 1.54) is 5.56 Å². The highest BCUT2D eigenvalue weighted by atomic mass is 16.5. The predicted octanol–water partition coefficient (Wildman–Crippen LogP) is 2.34. The van der Waals surface area contributed by atoms with E-state index in [-0.39, 0.29) is 5.54 Å². The minimum atomic E-state index is -0.278. The molecule has 3 nitrogen and oxygen atoms in total. The molecule has 3 rings (SSSR count). The van der Waals surface area contributed by atoms with Crippen LogP contribution in [0.1, 0.15) is 30.4 Å². The minimum Gasteiger partial charge on any atom is -0.493 e. The molecule has 0 saturated heterocycles. The van der Waals surface area contributed by atoms with Gasteiger partial charge in [0.2, 0.25) is 6.08 Å². The Kier molecular flexibility index (Phi) is 2.08. The van der Waals surface area contributed by atoms with E-state index in [1.807, 2.05) is 12.1 Å². The predicted molar refractivity (Wildman–Crippen MR) is 59.3 cm³/mol. The van der Waals surface area contributed by atoms with Crippen molar-refractivity contribution >= 4 is 6.08 Å². The fourth-order valence-electron chi connectivity index (χ4n) is 2.54. The first-order chi connectivity index (χ1) is 7.84. The Bertz CT molecular complexity index is 471. The van der Waals surface area contributed by atoms with Crippen molar-refractivity contribution in [3.63, 3.8) is 0 Å². The zero-order valence-electron chi connectivity index (χ0n) is 9.03. The molecule has 0 unspecified atom stereocenters. The lowest BCUT2D eigenvalue weighted by atomic mass is 9.72. The average Bonchev–Trinajstić information content (AvgIpc) is 2.70. The zero-order chi connectivity index (χ0) is 11.0. The Labute approximate surface area is 94.1 Å². The third-order valence-electron chi connectivity index (χ3n) is 3.67. The second-order valence-corrected chi connectivity index (χ2v) is 4.51. The first-order valence-corrected chi connectivity index (χ1v) is 5.69. The summed E-state index contributed by atoms with van der Waals surface area (Å²) < 4.78 is 5.47. The monoisotopic (exact) mass is 215 g/mol. The molecular weight excluding hydrogens is 202 g/mol. The van der Waals surface area contributed by atoms with Crippen molar-refractivity contribution in [1.82, 2.24) is 0 Å². The van der Waals surface area contributed by atoms with Crippen molar-refractivity contribution in [2.24, 2.45) is 4.99 Å². The molecule has 1 aromatic carbocycles. The summed E-state index contributed by atoms with van der Waals surface area (Å²) in [7, 11) is 0. The number of ether oxygens (including phenoxy) is 1. The van der Waals surface area contributed by atoms with Crippen LogP contribution in [0.15, 0.2) is 23.2 Å². The van der Waals surface area contributed by atoms with Gasteiger partial charge in [0.25, 0.3) is 0 Å². The second-order valence-electron chi connectivity index (χ2n) is 4.51. The third-order valence-corrected chi connectivity index (χ3v) is 3.67. The van der Waals surface area contributed by atoms with E-state index >= 15 is 0 Å². The van der Waals surface area contributed by atoms with Gasteiger partial charge in [0.05, 0.1) is 12.1 Å². The molecule has 0 N–H and O–H groups in total. The number of hydrogen-bond acceptors (Lipinski definition) is 3. The van der Waals surface area contributed by atoms with E-state index in [0.717, 1.165) is 43.6 Å². The van der Waals surface area contributed by atoms with Gasteiger partial charge < -0.3 is 4.74 Å². The van der Waals surface area contributed by atoms with Crippen LogP contribution in [0.5, 0.6) is 5.75 Å². The number of nitrogens with zero attached hydrogens (tertiary/aromatic N) is 1. The van der Waals surface area contributed by atoms with Crippen molar-refractivity contribution < 1.29 is 9.53 Å². The highest BCUT2D eigenvalue weighted by molar-refractivity contribution is 5.45. The van der Waals surface area contributed by atoms with Crippen molar-refractivity contribution in [3.05, 3.63) is 29.3 Å². The van der Waals surface area contributed by atoms with Gasteiger partial charge in [-0.15, -0.1) is 0 Å². The molecule has 82 valence electrons. The minimum absolute atomic E-state index is 0.278. The van der Waals surface area contributed by atoms with Gasteiger partial charge in [0.15, 0.2) is 0 Å². The molecule has 1 aromatic rings. The highest BCUT2D eigenvalue weighted by Gasteiger charge is 2.39. The lowest BCUT2D eigenvalue weighted by Gasteiger charge is -2.37. The molecule has 16 heavy (non-hydrogen) atoms. The summed E-state index contributed by atoms with van der Waals surface area (Å²) in [6.45, 7) is 0.767. The van der Waals surface area contributed by atoms with Gasteiger partial charge in [-0.05, 0) is 42.5 Å². The summed E-state index contributed by atoms with van der Waals surface area (Å²) in [6.07, 6.45) is 5.74. The zero-order valence-corrected chi connectivity index (χ0v) is 9.03. The third kappa shape index (κ3) is 1.29. The summed E-state index contributed by atoms with van der Waals surface area (Å²) in [5, 5.41) is 0. The number of hydrogen-bond donors (Lipinski definition) is 0. The van der Waals surface area contributed by atoms with Crippen molar-refractivity contribution in [3.8, 4) is 5.75 Å². The van der Waals surface area contributed by atoms with E-state index in [9.17, 15) is 4.79 Å². The largest absolute Gasteiger partial charge is 0.493 e. The van der Waals surface area contributed by atoms with E-state index in [2.05, 4.69) is 11.1 Å². The Balaban J connectivity index is 2.03.